The summed E-state index contributed by atoms with van der Waals surface area (Å²) in [5.74, 6) is -2.00. The molecule has 0 aliphatic heterocycles. The first kappa shape index (κ1) is 15.7. The minimum absolute atomic E-state index is 0.0359. The van der Waals surface area contributed by atoms with Crippen molar-refractivity contribution >= 4 is 17.5 Å². The SMILES string of the molecule is Cc1cc(C)cc(NC(=O)C(=O)NCc2ccccc2F)c1. The molecule has 0 aliphatic carbocycles. The Hall–Kier alpha value is -2.69. The summed E-state index contributed by atoms with van der Waals surface area (Å²) in [4.78, 5) is 23.6. The largest absolute Gasteiger partial charge is 0.344 e. The van der Waals surface area contributed by atoms with Crippen LogP contribution in [0, 0.1) is 19.7 Å². The van der Waals surface area contributed by atoms with Gasteiger partial charge in [0.05, 0.1) is 0 Å². The molecule has 0 atom stereocenters. The monoisotopic (exact) mass is 300 g/mol. The molecule has 2 aromatic carbocycles. The number of amides is 2. The topological polar surface area (TPSA) is 58.2 Å². The average molecular weight is 300 g/mol. The molecule has 0 spiro atoms. The minimum Gasteiger partial charge on any atom is -0.344 e. The van der Waals surface area contributed by atoms with Crippen molar-refractivity contribution in [2.24, 2.45) is 0 Å². The van der Waals surface area contributed by atoms with Gasteiger partial charge in [0, 0.05) is 17.8 Å². The summed E-state index contributed by atoms with van der Waals surface area (Å²) < 4.78 is 13.4. The van der Waals surface area contributed by atoms with E-state index in [0.717, 1.165) is 11.1 Å². The van der Waals surface area contributed by atoms with Gasteiger partial charge in [-0.2, -0.15) is 0 Å². The Labute approximate surface area is 128 Å². The summed E-state index contributed by atoms with van der Waals surface area (Å²) in [7, 11) is 0. The van der Waals surface area contributed by atoms with E-state index in [4.69, 9.17) is 0 Å². The smallest absolute Gasteiger partial charge is 0.313 e. The van der Waals surface area contributed by atoms with Crippen molar-refractivity contribution in [3.05, 3.63) is 65.0 Å². The third-order valence-corrected chi connectivity index (χ3v) is 3.08. The first-order valence-electron chi connectivity index (χ1n) is 6.86. The van der Waals surface area contributed by atoms with Crippen molar-refractivity contribution in [1.82, 2.24) is 5.32 Å². The lowest BCUT2D eigenvalue weighted by Crippen LogP contribution is -2.35. The summed E-state index contributed by atoms with van der Waals surface area (Å²) in [6.45, 7) is 3.77. The van der Waals surface area contributed by atoms with E-state index in [-0.39, 0.29) is 6.54 Å². The molecule has 4 nitrogen and oxygen atoms in total. The van der Waals surface area contributed by atoms with E-state index in [1.165, 1.54) is 6.07 Å². The normalized spacial score (nSPS) is 10.1. The van der Waals surface area contributed by atoms with Crippen LogP contribution in [0.4, 0.5) is 10.1 Å². The van der Waals surface area contributed by atoms with Crippen molar-refractivity contribution in [3.8, 4) is 0 Å². The van der Waals surface area contributed by atoms with Gasteiger partial charge in [-0.05, 0) is 43.2 Å². The van der Waals surface area contributed by atoms with Crippen LogP contribution in [0.25, 0.3) is 0 Å². The summed E-state index contributed by atoms with van der Waals surface area (Å²) in [5.41, 5.74) is 2.86. The first-order chi connectivity index (χ1) is 10.5. The van der Waals surface area contributed by atoms with Crippen LogP contribution in [0.3, 0.4) is 0 Å². The number of halogens is 1. The number of nitrogens with one attached hydrogen (secondary N) is 2. The zero-order valence-electron chi connectivity index (χ0n) is 12.4. The van der Waals surface area contributed by atoms with Gasteiger partial charge in [-0.15, -0.1) is 0 Å². The molecule has 0 radical (unpaired) electrons. The van der Waals surface area contributed by atoms with Crippen LogP contribution < -0.4 is 10.6 Å². The maximum absolute atomic E-state index is 13.4. The Morgan fingerprint density at radius 1 is 1.00 bits per heavy atom. The van der Waals surface area contributed by atoms with Gasteiger partial charge < -0.3 is 10.6 Å². The van der Waals surface area contributed by atoms with Crippen LogP contribution in [-0.2, 0) is 16.1 Å². The van der Waals surface area contributed by atoms with Crippen LogP contribution in [0.5, 0.6) is 0 Å². The number of hydrogen-bond donors (Lipinski definition) is 2. The Kier molecular flexibility index (Phi) is 4.88. The molecule has 22 heavy (non-hydrogen) atoms. The molecule has 0 aromatic heterocycles. The Morgan fingerprint density at radius 2 is 1.64 bits per heavy atom. The molecule has 0 bridgehead atoms. The van der Waals surface area contributed by atoms with Crippen LogP contribution in [0.2, 0.25) is 0 Å². The number of benzene rings is 2. The molecule has 114 valence electrons. The minimum atomic E-state index is -0.803. The number of anilines is 1. The van der Waals surface area contributed by atoms with Crippen molar-refractivity contribution in [3.63, 3.8) is 0 Å². The quantitative estimate of drug-likeness (QED) is 0.856. The molecule has 0 heterocycles. The van der Waals surface area contributed by atoms with E-state index in [0.29, 0.717) is 11.3 Å². The number of carbonyl (C=O) groups is 2. The molecule has 0 saturated heterocycles. The fourth-order valence-electron chi connectivity index (χ4n) is 2.13. The van der Waals surface area contributed by atoms with Gasteiger partial charge in [0.15, 0.2) is 0 Å². The molecule has 5 heteroatoms. The van der Waals surface area contributed by atoms with Gasteiger partial charge in [0.1, 0.15) is 5.82 Å². The number of rotatable bonds is 3. The fraction of sp³-hybridized carbons (Fsp3) is 0.176. The third kappa shape index (κ3) is 4.15. The molecule has 2 aromatic rings. The van der Waals surface area contributed by atoms with Crippen molar-refractivity contribution in [1.29, 1.82) is 0 Å². The predicted molar refractivity (Wildman–Crippen MR) is 82.8 cm³/mol. The van der Waals surface area contributed by atoms with Gasteiger partial charge in [-0.25, -0.2) is 4.39 Å². The van der Waals surface area contributed by atoms with Gasteiger partial charge in [0.2, 0.25) is 0 Å². The fourth-order valence-corrected chi connectivity index (χ4v) is 2.13. The Bertz CT molecular complexity index is 693. The van der Waals surface area contributed by atoms with E-state index in [1.807, 2.05) is 19.9 Å². The third-order valence-electron chi connectivity index (χ3n) is 3.08. The summed E-state index contributed by atoms with van der Waals surface area (Å²) in [6, 6.07) is 11.6. The standard InChI is InChI=1S/C17H17FN2O2/c1-11-7-12(2)9-14(8-11)20-17(22)16(21)19-10-13-5-3-4-6-15(13)18/h3-9H,10H2,1-2H3,(H,19,21)(H,20,22). The molecule has 2 rings (SSSR count). The summed E-state index contributed by atoms with van der Waals surface area (Å²) >= 11 is 0. The van der Waals surface area contributed by atoms with Gasteiger partial charge >= 0.3 is 11.8 Å². The zero-order chi connectivity index (χ0) is 16.1. The van der Waals surface area contributed by atoms with E-state index in [2.05, 4.69) is 10.6 Å². The van der Waals surface area contributed by atoms with Crippen molar-refractivity contribution < 1.29 is 14.0 Å². The van der Waals surface area contributed by atoms with Crippen LogP contribution in [0.1, 0.15) is 16.7 Å². The molecular weight excluding hydrogens is 283 g/mol. The van der Waals surface area contributed by atoms with Gasteiger partial charge in [-0.3, -0.25) is 9.59 Å². The molecule has 2 amide bonds. The number of carbonyl (C=O) groups excluding carboxylic acids is 2. The predicted octanol–water partition coefficient (Wildman–Crippen LogP) is 2.70. The highest BCUT2D eigenvalue weighted by molar-refractivity contribution is 6.39. The Morgan fingerprint density at radius 3 is 2.27 bits per heavy atom. The van der Waals surface area contributed by atoms with E-state index in [1.54, 1.807) is 30.3 Å². The molecular formula is C17H17FN2O2. The average Bonchev–Trinajstić information content (AvgIpc) is 2.45. The van der Waals surface area contributed by atoms with Crippen LogP contribution in [-0.4, -0.2) is 11.8 Å². The van der Waals surface area contributed by atoms with Gasteiger partial charge in [0.25, 0.3) is 0 Å². The van der Waals surface area contributed by atoms with Crippen molar-refractivity contribution in [2.75, 3.05) is 5.32 Å². The summed E-state index contributed by atoms with van der Waals surface area (Å²) in [5, 5.41) is 4.93. The first-order valence-corrected chi connectivity index (χ1v) is 6.86. The van der Waals surface area contributed by atoms with Crippen LogP contribution in [0.15, 0.2) is 42.5 Å². The zero-order valence-corrected chi connectivity index (χ0v) is 12.4. The second-order valence-corrected chi connectivity index (χ2v) is 5.10. The molecule has 2 N–H and O–H groups in total. The lowest BCUT2D eigenvalue weighted by Gasteiger charge is -2.08. The Balaban J connectivity index is 1.95. The lowest BCUT2D eigenvalue weighted by atomic mass is 10.1. The maximum Gasteiger partial charge on any atom is 0.313 e. The molecule has 0 fully saturated rings. The summed E-state index contributed by atoms with van der Waals surface area (Å²) in [6.07, 6.45) is 0. The van der Waals surface area contributed by atoms with Gasteiger partial charge in [-0.1, -0.05) is 24.3 Å². The molecule has 0 aliphatic rings. The van der Waals surface area contributed by atoms with Crippen molar-refractivity contribution in [2.45, 2.75) is 20.4 Å². The lowest BCUT2D eigenvalue weighted by molar-refractivity contribution is -0.136. The van der Waals surface area contributed by atoms with Crippen LogP contribution >= 0.6 is 0 Å². The maximum atomic E-state index is 13.4. The highest BCUT2D eigenvalue weighted by Crippen LogP contribution is 2.13. The van der Waals surface area contributed by atoms with E-state index >= 15 is 0 Å². The molecule has 0 unspecified atom stereocenters. The highest BCUT2D eigenvalue weighted by atomic mass is 19.1. The second kappa shape index (κ2) is 6.85. The number of hydrogen-bond acceptors (Lipinski definition) is 2. The highest BCUT2D eigenvalue weighted by Gasteiger charge is 2.14. The molecule has 0 saturated carbocycles. The van der Waals surface area contributed by atoms with E-state index in [9.17, 15) is 14.0 Å². The second-order valence-electron chi connectivity index (χ2n) is 5.10. The number of aryl methyl sites for hydroxylation is 2. The van der Waals surface area contributed by atoms with E-state index < -0.39 is 17.6 Å².